The minimum Gasteiger partial charge on any atom is -0.408 e. The molecule has 0 aliphatic carbocycles. The molecule has 5 rings (SSSR count). The summed E-state index contributed by atoms with van der Waals surface area (Å²) in [4.78, 5) is 33.0. The number of nitrogens with one attached hydrogen (secondary N) is 1. The summed E-state index contributed by atoms with van der Waals surface area (Å²) < 4.78 is 8.05. The molecule has 0 atom stereocenters. The number of aryl methyl sites for hydroxylation is 3. The standard InChI is InChI=1S/C18H15N3O3S2/c22-15-14-10-4-3-9-25-17(10)26-16(14)20-13(19-15)7-8-21-11-5-1-2-6-12(11)24-18(21)23/h1-2,5-6H,3-4,7-9H2,(H,19,20,22). The fourth-order valence-corrected chi connectivity index (χ4v) is 5.96. The zero-order valence-corrected chi connectivity index (χ0v) is 15.4. The van der Waals surface area contributed by atoms with Gasteiger partial charge in [0.15, 0.2) is 5.58 Å². The number of aromatic nitrogens is 3. The minimum absolute atomic E-state index is 0.0746. The molecule has 0 spiro atoms. The van der Waals surface area contributed by atoms with Crippen molar-refractivity contribution in [3.63, 3.8) is 0 Å². The highest BCUT2D eigenvalue weighted by Crippen LogP contribution is 2.39. The summed E-state index contributed by atoms with van der Waals surface area (Å²) in [5, 5.41) is 0.742. The number of hydrogen-bond donors (Lipinski definition) is 1. The molecule has 0 unspecified atom stereocenters. The average Bonchev–Trinajstić information content (AvgIpc) is 3.16. The quantitative estimate of drug-likeness (QED) is 0.586. The zero-order valence-electron chi connectivity index (χ0n) is 13.8. The molecule has 4 heterocycles. The van der Waals surface area contributed by atoms with Gasteiger partial charge < -0.3 is 9.40 Å². The third-order valence-corrected chi connectivity index (χ3v) is 7.15. The van der Waals surface area contributed by atoms with Crippen LogP contribution in [0, 0.1) is 0 Å². The summed E-state index contributed by atoms with van der Waals surface area (Å²) in [6, 6.07) is 7.32. The van der Waals surface area contributed by atoms with E-state index in [0.717, 1.165) is 39.9 Å². The highest BCUT2D eigenvalue weighted by molar-refractivity contribution is 8.01. The van der Waals surface area contributed by atoms with Crippen molar-refractivity contribution >= 4 is 44.4 Å². The van der Waals surface area contributed by atoms with Crippen LogP contribution in [-0.2, 0) is 19.4 Å². The van der Waals surface area contributed by atoms with Crippen LogP contribution in [0.5, 0.6) is 0 Å². The lowest BCUT2D eigenvalue weighted by molar-refractivity contribution is 0.503. The first kappa shape index (κ1) is 15.9. The van der Waals surface area contributed by atoms with Crippen molar-refractivity contribution in [1.29, 1.82) is 0 Å². The van der Waals surface area contributed by atoms with E-state index in [9.17, 15) is 9.59 Å². The molecule has 0 saturated carbocycles. The van der Waals surface area contributed by atoms with Gasteiger partial charge in [-0.25, -0.2) is 9.78 Å². The summed E-state index contributed by atoms with van der Waals surface area (Å²) in [5.74, 6) is 1.31. The summed E-state index contributed by atoms with van der Waals surface area (Å²) >= 11 is 3.41. The number of para-hydroxylation sites is 2. The van der Waals surface area contributed by atoms with Crippen LogP contribution in [0.3, 0.4) is 0 Å². The van der Waals surface area contributed by atoms with E-state index >= 15 is 0 Å². The molecule has 132 valence electrons. The molecule has 3 aromatic heterocycles. The molecule has 26 heavy (non-hydrogen) atoms. The SMILES string of the molecule is O=c1[nH]c(CCn2c(=O)oc3ccccc32)nc2sc3c(c12)CCCS3. The zero-order chi connectivity index (χ0) is 17.7. The van der Waals surface area contributed by atoms with Crippen LogP contribution in [0.2, 0.25) is 0 Å². The van der Waals surface area contributed by atoms with Crippen LogP contribution in [0.15, 0.2) is 42.5 Å². The summed E-state index contributed by atoms with van der Waals surface area (Å²) in [6.07, 6.45) is 2.51. The number of oxazole rings is 1. The molecule has 8 heteroatoms. The Morgan fingerprint density at radius 2 is 2.15 bits per heavy atom. The predicted octanol–water partition coefficient (Wildman–Crippen LogP) is 3.17. The lowest BCUT2D eigenvalue weighted by Gasteiger charge is -2.09. The number of H-pyrrole nitrogens is 1. The van der Waals surface area contributed by atoms with Gasteiger partial charge in [0.1, 0.15) is 10.7 Å². The Labute approximate surface area is 155 Å². The first-order valence-corrected chi connectivity index (χ1v) is 10.3. The Balaban J connectivity index is 1.51. The molecule has 0 amide bonds. The topological polar surface area (TPSA) is 80.9 Å². The number of aromatic amines is 1. The molecule has 1 N–H and O–H groups in total. The van der Waals surface area contributed by atoms with Gasteiger partial charge in [-0.05, 0) is 36.3 Å². The second kappa shape index (κ2) is 6.14. The van der Waals surface area contributed by atoms with Gasteiger partial charge in [-0.15, -0.1) is 23.1 Å². The van der Waals surface area contributed by atoms with Crippen LogP contribution in [0.4, 0.5) is 0 Å². The molecule has 1 aliphatic heterocycles. The van der Waals surface area contributed by atoms with Gasteiger partial charge in [0.05, 0.1) is 15.1 Å². The van der Waals surface area contributed by atoms with E-state index in [2.05, 4.69) is 9.97 Å². The van der Waals surface area contributed by atoms with E-state index in [1.54, 1.807) is 22.0 Å². The lowest BCUT2D eigenvalue weighted by atomic mass is 10.1. The summed E-state index contributed by atoms with van der Waals surface area (Å²) in [7, 11) is 0. The van der Waals surface area contributed by atoms with E-state index in [1.807, 2.05) is 30.0 Å². The maximum absolute atomic E-state index is 12.6. The predicted molar refractivity (Wildman–Crippen MR) is 103 cm³/mol. The number of benzene rings is 1. The van der Waals surface area contributed by atoms with Crippen molar-refractivity contribution in [3.05, 3.63) is 56.6 Å². The molecule has 0 fully saturated rings. The van der Waals surface area contributed by atoms with E-state index in [1.165, 1.54) is 4.21 Å². The van der Waals surface area contributed by atoms with Gasteiger partial charge in [-0.1, -0.05) is 12.1 Å². The van der Waals surface area contributed by atoms with Gasteiger partial charge in [0.2, 0.25) is 0 Å². The Bertz CT molecular complexity index is 1250. The fraction of sp³-hybridized carbons (Fsp3) is 0.278. The molecule has 0 radical (unpaired) electrons. The van der Waals surface area contributed by atoms with E-state index in [4.69, 9.17) is 4.42 Å². The number of thiophene rings is 1. The maximum Gasteiger partial charge on any atom is 0.419 e. The molecular formula is C18H15N3O3S2. The Morgan fingerprint density at radius 3 is 3.08 bits per heavy atom. The fourth-order valence-electron chi connectivity index (χ4n) is 3.41. The van der Waals surface area contributed by atoms with Gasteiger partial charge in [0, 0.05) is 13.0 Å². The highest BCUT2D eigenvalue weighted by Gasteiger charge is 2.20. The molecule has 1 aromatic carbocycles. The molecule has 1 aliphatic rings. The van der Waals surface area contributed by atoms with Crippen molar-refractivity contribution in [3.8, 4) is 0 Å². The second-order valence-electron chi connectivity index (χ2n) is 6.25. The number of rotatable bonds is 3. The normalized spacial score (nSPS) is 14.2. The van der Waals surface area contributed by atoms with Gasteiger partial charge >= 0.3 is 5.76 Å². The highest BCUT2D eigenvalue weighted by atomic mass is 32.2. The van der Waals surface area contributed by atoms with Gasteiger partial charge in [-0.2, -0.15) is 0 Å². The van der Waals surface area contributed by atoms with Crippen LogP contribution in [-0.4, -0.2) is 20.3 Å². The molecule has 4 aromatic rings. The monoisotopic (exact) mass is 385 g/mol. The Kier molecular flexibility index (Phi) is 3.75. The summed E-state index contributed by atoms with van der Waals surface area (Å²) in [6.45, 7) is 0.407. The largest absolute Gasteiger partial charge is 0.419 e. The number of nitrogens with zero attached hydrogens (tertiary/aromatic N) is 2. The Morgan fingerprint density at radius 1 is 1.27 bits per heavy atom. The maximum atomic E-state index is 12.6. The van der Waals surface area contributed by atoms with Crippen molar-refractivity contribution < 1.29 is 4.42 Å². The summed E-state index contributed by atoms with van der Waals surface area (Å²) in [5.41, 5.74) is 2.40. The number of fused-ring (bicyclic) bond motifs is 4. The van der Waals surface area contributed by atoms with Crippen LogP contribution in [0.25, 0.3) is 21.3 Å². The molecule has 0 saturated heterocycles. The van der Waals surface area contributed by atoms with E-state index in [-0.39, 0.29) is 5.56 Å². The van der Waals surface area contributed by atoms with Crippen molar-refractivity contribution in [2.75, 3.05) is 5.75 Å². The molecule has 0 bridgehead atoms. The third-order valence-electron chi connectivity index (χ3n) is 4.62. The number of thioether (sulfide) groups is 1. The van der Waals surface area contributed by atoms with Gasteiger partial charge in [0.25, 0.3) is 5.56 Å². The van der Waals surface area contributed by atoms with Crippen LogP contribution in [0.1, 0.15) is 17.8 Å². The molecular weight excluding hydrogens is 370 g/mol. The van der Waals surface area contributed by atoms with Crippen LogP contribution < -0.4 is 11.3 Å². The van der Waals surface area contributed by atoms with Gasteiger partial charge in [-0.3, -0.25) is 9.36 Å². The van der Waals surface area contributed by atoms with E-state index in [0.29, 0.717) is 24.4 Å². The van der Waals surface area contributed by atoms with Crippen LogP contribution >= 0.6 is 23.1 Å². The average molecular weight is 385 g/mol. The lowest BCUT2D eigenvalue weighted by Crippen LogP contribution is -2.18. The van der Waals surface area contributed by atoms with E-state index < -0.39 is 5.76 Å². The third kappa shape index (κ3) is 2.52. The van der Waals surface area contributed by atoms with Crippen molar-refractivity contribution in [1.82, 2.24) is 14.5 Å². The first-order valence-electron chi connectivity index (χ1n) is 8.46. The minimum atomic E-state index is -0.391. The van der Waals surface area contributed by atoms with Crippen molar-refractivity contribution in [2.45, 2.75) is 30.0 Å². The van der Waals surface area contributed by atoms with Crippen molar-refractivity contribution in [2.24, 2.45) is 0 Å². The second-order valence-corrected chi connectivity index (χ2v) is 8.61. The smallest absolute Gasteiger partial charge is 0.408 e. The first-order chi connectivity index (χ1) is 12.7. The molecule has 6 nitrogen and oxygen atoms in total. The number of hydrogen-bond acceptors (Lipinski definition) is 6. The Hall–Kier alpha value is -2.32.